The molecule has 2 rings (SSSR count). The Balaban J connectivity index is 2.36. The van der Waals surface area contributed by atoms with Crippen molar-refractivity contribution in [3.8, 4) is 0 Å². The normalized spacial score (nSPS) is 25.0. The molecular formula is C10H15N3. The van der Waals surface area contributed by atoms with E-state index in [0.29, 0.717) is 0 Å². The maximum atomic E-state index is 4.48. The van der Waals surface area contributed by atoms with Gasteiger partial charge >= 0.3 is 0 Å². The Kier molecular flexibility index (Phi) is 1.77. The van der Waals surface area contributed by atoms with E-state index in [2.05, 4.69) is 36.4 Å². The summed E-state index contributed by atoms with van der Waals surface area (Å²) in [6.45, 7) is 5.15. The summed E-state index contributed by atoms with van der Waals surface area (Å²) in [5.41, 5.74) is 5.60. The Hall–Kier alpha value is -1.09. The first kappa shape index (κ1) is 8.51. The number of nitrogens with zero attached hydrogens (tertiary/aromatic N) is 2. The highest BCUT2D eigenvalue weighted by molar-refractivity contribution is 5.70. The van der Waals surface area contributed by atoms with Gasteiger partial charge in [0.25, 0.3) is 0 Å². The van der Waals surface area contributed by atoms with Crippen LogP contribution in [0.5, 0.6) is 0 Å². The fourth-order valence-electron chi connectivity index (χ4n) is 1.46. The van der Waals surface area contributed by atoms with E-state index >= 15 is 0 Å². The zero-order chi connectivity index (χ0) is 9.47. The largest absolute Gasteiger partial charge is 0.309 e. The SMILES string of the molecule is CN1NCC2=C1C=CC(C)(C)C=N2. The highest BCUT2D eigenvalue weighted by Crippen LogP contribution is 2.24. The van der Waals surface area contributed by atoms with Gasteiger partial charge in [-0.15, -0.1) is 0 Å². The predicted octanol–water partition coefficient (Wildman–Crippen LogP) is 1.31. The van der Waals surface area contributed by atoms with Gasteiger partial charge in [0.05, 0.1) is 17.9 Å². The molecule has 1 N–H and O–H groups in total. The van der Waals surface area contributed by atoms with Gasteiger partial charge in [0, 0.05) is 18.7 Å². The molecule has 3 nitrogen and oxygen atoms in total. The van der Waals surface area contributed by atoms with Crippen LogP contribution in [0.3, 0.4) is 0 Å². The quantitative estimate of drug-likeness (QED) is 0.604. The third-order valence-electron chi connectivity index (χ3n) is 2.36. The zero-order valence-electron chi connectivity index (χ0n) is 8.33. The maximum Gasteiger partial charge on any atom is 0.0803 e. The second kappa shape index (κ2) is 2.70. The first-order valence-corrected chi connectivity index (χ1v) is 4.53. The van der Waals surface area contributed by atoms with E-state index in [1.54, 1.807) is 0 Å². The molecular weight excluding hydrogens is 162 g/mol. The zero-order valence-corrected chi connectivity index (χ0v) is 8.33. The summed E-state index contributed by atoms with van der Waals surface area (Å²) in [4.78, 5) is 4.48. The van der Waals surface area contributed by atoms with Crippen LogP contribution < -0.4 is 5.43 Å². The lowest BCUT2D eigenvalue weighted by Gasteiger charge is -2.14. The lowest BCUT2D eigenvalue weighted by atomic mass is 9.95. The molecule has 0 radical (unpaired) electrons. The van der Waals surface area contributed by atoms with Gasteiger partial charge in [-0.25, -0.2) is 5.43 Å². The van der Waals surface area contributed by atoms with Crippen molar-refractivity contribution in [2.24, 2.45) is 10.4 Å². The van der Waals surface area contributed by atoms with Crippen LogP contribution in [0.2, 0.25) is 0 Å². The number of nitrogens with one attached hydrogen (secondary N) is 1. The highest BCUT2D eigenvalue weighted by atomic mass is 15.5. The van der Waals surface area contributed by atoms with E-state index < -0.39 is 0 Å². The number of hydrogen-bond donors (Lipinski definition) is 1. The Morgan fingerprint density at radius 1 is 1.54 bits per heavy atom. The van der Waals surface area contributed by atoms with Crippen LogP contribution in [-0.2, 0) is 0 Å². The van der Waals surface area contributed by atoms with E-state index in [-0.39, 0.29) is 5.41 Å². The average molecular weight is 177 g/mol. The Morgan fingerprint density at radius 2 is 2.31 bits per heavy atom. The molecule has 0 fully saturated rings. The lowest BCUT2D eigenvalue weighted by molar-refractivity contribution is 0.354. The van der Waals surface area contributed by atoms with Gasteiger partial charge in [-0.3, -0.25) is 4.99 Å². The highest BCUT2D eigenvalue weighted by Gasteiger charge is 2.21. The Labute approximate surface area is 78.8 Å². The molecule has 0 aliphatic carbocycles. The number of hydrogen-bond acceptors (Lipinski definition) is 3. The maximum absolute atomic E-state index is 4.48. The molecule has 0 aromatic rings. The van der Waals surface area contributed by atoms with Crippen LogP contribution in [0.25, 0.3) is 0 Å². The first-order valence-electron chi connectivity index (χ1n) is 4.53. The molecule has 2 heterocycles. The fraction of sp³-hybridized carbons (Fsp3) is 0.500. The van der Waals surface area contributed by atoms with E-state index in [1.807, 2.05) is 18.3 Å². The summed E-state index contributed by atoms with van der Waals surface area (Å²) < 4.78 is 0. The molecule has 0 bridgehead atoms. The number of allylic oxidation sites excluding steroid dienone is 2. The van der Waals surface area contributed by atoms with E-state index in [9.17, 15) is 0 Å². The van der Waals surface area contributed by atoms with Crippen LogP contribution in [-0.4, -0.2) is 24.8 Å². The minimum Gasteiger partial charge on any atom is -0.309 e. The van der Waals surface area contributed by atoms with Gasteiger partial charge in [-0.05, 0) is 6.08 Å². The molecule has 13 heavy (non-hydrogen) atoms. The molecule has 0 saturated carbocycles. The van der Waals surface area contributed by atoms with Crippen molar-refractivity contribution in [3.05, 3.63) is 23.5 Å². The van der Waals surface area contributed by atoms with Gasteiger partial charge in [-0.2, -0.15) is 0 Å². The molecule has 0 aromatic heterocycles. The summed E-state index contributed by atoms with van der Waals surface area (Å²) in [5.74, 6) is 0. The third kappa shape index (κ3) is 1.52. The minimum absolute atomic E-state index is 0.0746. The van der Waals surface area contributed by atoms with Crippen LogP contribution in [0.1, 0.15) is 13.8 Å². The second-order valence-corrected chi connectivity index (χ2v) is 4.14. The molecule has 2 aliphatic rings. The standard InChI is InChI=1S/C10H15N3/c1-10(2)5-4-9-8(11-7-10)6-12-13(9)3/h4-5,7,12H,6H2,1-3H3. The smallest absolute Gasteiger partial charge is 0.0803 e. The summed E-state index contributed by atoms with van der Waals surface area (Å²) in [6, 6.07) is 0. The van der Waals surface area contributed by atoms with E-state index in [1.165, 1.54) is 5.70 Å². The average Bonchev–Trinajstić information content (AvgIpc) is 2.32. The monoisotopic (exact) mass is 177 g/mol. The van der Waals surface area contributed by atoms with Gasteiger partial charge in [0.1, 0.15) is 0 Å². The molecule has 2 aliphatic heterocycles. The summed E-state index contributed by atoms with van der Waals surface area (Å²) in [7, 11) is 2.01. The first-order chi connectivity index (χ1) is 6.08. The summed E-state index contributed by atoms with van der Waals surface area (Å²) in [5, 5.41) is 2.02. The van der Waals surface area contributed by atoms with Crippen molar-refractivity contribution in [2.45, 2.75) is 13.8 Å². The molecule has 0 atom stereocenters. The number of rotatable bonds is 0. The summed E-state index contributed by atoms with van der Waals surface area (Å²) in [6.07, 6.45) is 6.33. The molecule has 3 heteroatoms. The van der Waals surface area contributed by atoms with Crippen LogP contribution in [0.4, 0.5) is 0 Å². The third-order valence-corrected chi connectivity index (χ3v) is 2.36. The van der Waals surface area contributed by atoms with E-state index in [4.69, 9.17) is 0 Å². The second-order valence-electron chi connectivity index (χ2n) is 4.14. The van der Waals surface area contributed by atoms with Gasteiger partial charge in [0.2, 0.25) is 0 Å². The van der Waals surface area contributed by atoms with Crippen LogP contribution in [0.15, 0.2) is 28.5 Å². The molecule has 0 unspecified atom stereocenters. The number of hydrazine groups is 1. The van der Waals surface area contributed by atoms with Crippen molar-refractivity contribution in [1.29, 1.82) is 0 Å². The van der Waals surface area contributed by atoms with Gasteiger partial charge in [-0.1, -0.05) is 19.9 Å². The van der Waals surface area contributed by atoms with Crippen molar-refractivity contribution < 1.29 is 0 Å². The van der Waals surface area contributed by atoms with E-state index in [0.717, 1.165) is 12.2 Å². The summed E-state index contributed by atoms with van der Waals surface area (Å²) >= 11 is 0. The molecule has 0 saturated heterocycles. The van der Waals surface area contributed by atoms with Gasteiger partial charge in [0.15, 0.2) is 0 Å². The number of likely N-dealkylation sites (N-methyl/N-ethyl adjacent to an activating group) is 1. The van der Waals surface area contributed by atoms with Crippen molar-refractivity contribution in [1.82, 2.24) is 10.4 Å². The van der Waals surface area contributed by atoms with Crippen LogP contribution in [0, 0.1) is 5.41 Å². The molecule has 0 amide bonds. The van der Waals surface area contributed by atoms with Gasteiger partial charge < -0.3 is 5.01 Å². The Morgan fingerprint density at radius 3 is 3.08 bits per heavy atom. The van der Waals surface area contributed by atoms with Crippen LogP contribution >= 0.6 is 0 Å². The lowest BCUT2D eigenvalue weighted by Crippen LogP contribution is -2.27. The molecule has 0 aromatic carbocycles. The number of aliphatic imine (C=N–C) groups is 1. The Bertz CT molecular complexity index is 310. The van der Waals surface area contributed by atoms with Crippen molar-refractivity contribution in [2.75, 3.05) is 13.6 Å². The predicted molar refractivity (Wildman–Crippen MR) is 54.2 cm³/mol. The topological polar surface area (TPSA) is 27.6 Å². The molecule has 70 valence electrons. The fourth-order valence-corrected chi connectivity index (χ4v) is 1.46. The van der Waals surface area contributed by atoms with Crippen molar-refractivity contribution in [3.63, 3.8) is 0 Å². The molecule has 0 spiro atoms. The van der Waals surface area contributed by atoms with Crippen molar-refractivity contribution >= 4 is 6.21 Å². The minimum atomic E-state index is 0.0746.